The molecule has 4 aromatic rings. The molecule has 0 atom stereocenters. The van der Waals surface area contributed by atoms with E-state index in [2.05, 4.69) is 45.1 Å². The number of hydrogen-bond acceptors (Lipinski definition) is 6. The van der Waals surface area contributed by atoms with Crippen LogP contribution in [0, 0.1) is 6.92 Å². The lowest BCUT2D eigenvalue weighted by atomic mass is 9.83. The molecule has 0 spiro atoms. The number of anilines is 2. The molecule has 0 unspecified atom stereocenters. The van der Waals surface area contributed by atoms with Crippen LogP contribution in [0.4, 0.5) is 24.8 Å². The van der Waals surface area contributed by atoms with Gasteiger partial charge in [0, 0.05) is 25.3 Å². The first kappa shape index (κ1) is 31.0. The van der Waals surface area contributed by atoms with Gasteiger partial charge in [0.25, 0.3) is 5.56 Å². The zero-order valence-electron chi connectivity index (χ0n) is 24.3. The van der Waals surface area contributed by atoms with Crippen LogP contribution in [0.5, 0.6) is 0 Å². The minimum Gasteiger partial charge on any atom is -0.385 e. The number of likely N-dealkylation sites (tertiary alicyclic amines) is 1. The van der Waals surface area contributed by atoms with Crippen molar-refractivity contribution in [3.05, 3.63) is 80.4 Å². The van der Waals surface area contributed by atoms with Crippen LogP contribution in [0.2, 0.25) is 5.02 Å². The summed E-state index contributed by atoms with van der Waals surface area (Å²) in [6.07, 6.45) is 1.37. The lowest BCUT2D eigenvalue weighted by molar-refractivity contribution is -0.137. The lowest BCUT2D eigenvalue weighted by Gasteiger charge is -2.39. The second-order valence-electron chi connectivity index (χ2n) is 11.3. The zero-order chi connectivity index (χ0) is 30.8. The molecule has 0 saturated carbocycles. The number of piperidine rings is 1. The molecular formula is C31H36ClF3N6O2. The maximum Gasteiger partial charge on any atom is 0.417 e. The van der Waals surface area contributed by atoms with E-state index in [1.54, 1.807) is 6.33 Å². The summed E-state index contributed by atoms with van der Waals surface area (Å²) in [5.41, 5.74) is 1.89. The Labute approximate surface area is 252 Å². The summed E-state index contributed by atoms with van der Waals surface area (Å²) in [6, 6.07) is 9.71. The zero-order valence-corrected chi connectivity index (χ0v) is 25.0. The third-order valence-electron chi connectivity index (χ3n) is 8.34. The van der Waals surface area contributed by atoms with Crippen LogP contribution in [0.1, 0.15) is 61.3 Å². The van der Waals surface area contributed by atoms with Crippen LogP contribution in [0.15, 0.2) is 47.5 Å². The predicted molar refractivity (Wildman–Crippen MR) is 162 cm³/mol. The van der Waals surface area contributed by atoms with Crippen LogP contribution in [0.25, 0.3) is 11.2 Å². The molecule has 0 amide bonds. The fraction of sp³-hybridized carbons (Fsp3) is 0.452. The molecule has 2 aromatic carbocycles. The minimum atomic E-state index is -4.57. The molecule has 43 heavy (non-hydrogen) atoms. The lowest BCUT2D eigenvalue weighted by Crippen LogP contribution is -2.43. The Kier molecular flexibility index (Phi) is 9.15. The van der Waals surface area contributed by atoms with E-state index < -0.39 is 17.3 Å². The van der Waals surface area contributed by atoms with E-state index in [1.165, 1.54) is 23.3 Å². The summed E-state index contributed by atoms with van der Waals surface area (Å²) in [6.45, 7) is 6.80. The number of fused-ring (bicyclic) bond motifs is 1. The van der Waals surface area contributed by atoms with Gasteiger partial charge in [-0.2, -0.15) is 18.2 Å². The van der Waals surface area contributed by atoms with Gasteiger partial charge in [-0.05, 0) is 86.5 Å². The first-order chi connectivity index (χ1) is 20.5. The number of aliphatic hydroxyl groups is 1. The van der Waals surface area contributed by atoms with Gasteiger partial charge in [-0.15, -0.1) is 0 Å². The maximum absolute atomic E-state index is 13.3. The Morgan fingerprint density at radius 2 is 1.84 bits per heavy atom. The summed E-state index contributed by atoms with van der Waals surface area (Å²) in [4.78, 5) is 26.8. The number of benzene rings is 2. The minimum absolute atomic E-state index is 0.253. The van der Waals surface area contributed by atoms with E-state index in [0.717, 1.165) is 44.0 Å². The monoisotopic (exact) mass is 616 g/mol. The molecule has 1 saturated heterocycles. The molecule has 0 aliphatic carbocycles. The molecule has 0 bridgehead atoms. The van der Waals surface area contributed by atoms with Crippen molar-refractivity contribution in [3.8, 4) is 0 Å². The predicted octanol–water partition coefficient (Wildman–Crippen LogP) is 6.56. The Morgan fingerprint density at radius 3 is 2.56 bits per heavy atom. The van der Waals surface area contributed by atoms with Crippen molar-refractivity contribution < 1.29 is 18.3 Å². The summed E-state index contributed by atoms with van der Waals surface area (Å²) in [5.74, 6) is 0.346. The van der Waals surface area contributed by atoms with E-state index in [1.807, 2.05) is 16.7 Å². The number of halogens is 4. The summed E-state index contributed by atoms with van der Waals surface area (Å²) in [5, 5.41) is 13.9. The molecule has 0 radical (unpaired) electrons. The van der Waals surface area contributed by atoms with Gasteiger partial charge in [-0.25, -0.2) is 4.98 Å². The number of aromatic nitrogens is 4. The molecule has 12 heteroatoms. The van der Waals surface area contributed by atoms with E-state index >= 15 is 0 Å². The van der Waals surface area contributed by atoms with E-state index in [-0.39, 0.29) is 16.1 Å². The second-order valence-corrected chi connectivity index (χ2v) is 11.7. The Hall–Kier alpha value is -3.41. The number of imidazole rings is 1. The first-order valence-corrected chi connectivity index (χ1v) is 15.0. The Morgan fingerprint density at radius 1 is 1.09 bits per heavy atom. The number of nitrogens with zero attached hydrogens (tertiary/aromatic N) is 4. The molecule has 3 heterocycles. The highest BCUT2D eigenvalue weighted by molar-refractivity contribution is 6.31. The van der Waals surface area contributed by atoms with E-state index in [0.29, 0.717) is 49.6 Å². The van der Waals surface area contributed by atoms with Crippen molar-refractivity contribution in [3.63, 3.8) is 0 Å². The number of hydrogen-bond donors (Lipinski definition) is 3. The second kappa shape index (κ2) is 12.7. The number of alkyl halides is 3. The molecule has 5 rings (SSSR count). The molecule has 8 nitrogen and oxygen atoms in total. The van der Waals surface area contributed by atoms with Crippen LogP contribution >= 0.6 is 11.6 Å². The highest BCUT2D eigenvalue weighted by Gasteiger charge is 2.38. The van der Waals surface area contributed by atoms with Gasteiger partial charge in [0.1, 0.15) is 0 Å². The van der Waals surface area contributed by atoms with Crippen molar-refractivity contribution in [2.75, 3.05) is 25.0 Å². The van der Waals surface area contributed by atoms with Gasteiger partial charge < -0.3 is 19.9 Å². The summed E-state index contributed by atoms with van der Waals surface area (Å²) >= 11 is 5.75. The van der Waals surface area contributed by atoms with Gasteiger partial charge in [-0.3, -0.25) is 9.78 Å². The van der Waals surface area contributed by atoms with Crippen LogP contribution in [0.3, 0.4) is 0 Å². The van der Waals surface area contributed by atoms with Gasteiger partial charge in [0.2, 0.25) is 5.95 Å². The van der Waals surface area contributed by atoms with Gasteiger partial charge in [0.15, 0.2) is 11.2 Å². The van der Waals surface area contributed by atoms with Gasteiger partial charge in [0.05, 0.1) is 22.5 Å². The fourth-order valence-corrected chi connectivity index (χ4v) is 5.97. The van der Waals surface area contributed by atoms with Crippen LogP contribution in [-0.2, 0) is 24.7 Å². The number of rotatable bonds is 10. The number of aryl methyl sites for hydroxylation is 3. The number of nitrogens with one attached hydrogen (secondary N) is 2. The largest absolute Gasteiger partial charge is 0.417 e. The topological polar surface area (TPSA) is 99.1 Å². The average molecular weight is 617 g/mol. The molecule has 230 valence electrons. The SMILES string of the molecule is CCc1cc(Nc2nc3ncn(CCCCCN4CCC(O)(c5ccc(Cl)c(C(F)(F)F)c5)CC4)c3c(=O)[nH]2)ccc1C. The third-order valence-corrected chi connectivity index (χ3v) is 8.67. The highest BCUT2D eigenvalue weighted by atomic mass is 35.5. The molecule has 2 aromatic heterocycles. The summed E-state index contributed by atoms with van der Waals surface area (Å²) < 4.78 is 41.7. The van der Waals surface area contributed by atoms with Crippen molar-refractivity contribution in [1.82, 2.24) is 24.4 Å². The highest BCUT2D eigenvalue weighted by Crippen LogP contribution is 2.40. The van der Waals surface area contributed by atoms with Crippen molar-refractivity contribution in [1.29, 1.82) is 0 Å². The molecule has 1 fully saturated rings. The first-order valence-electron chi connectivity index (χ1n) is 14.6. The van der Waals surface area contributed by atoms with E-state index in [9.17, 15) is 23.1 Å². The molecule has 3 N–H and O–H groups in total. The van der Waals surface area contributed by atoms with Gasteiger partial charge in [-0.1, -0.05) is 37.1 Å². The number of H-pyrrole nitrogens is 1. The number of aromatic amines is 1. The van der Waals surface area contributed by atoms with Crippen molar-refractivity contribution in [2.45, 2.75) is 70.7 Å². The standard InChI is InChI=1S/C31H36ClF3N6O2/c1-3-21-17-23(9-7-20(21)2)37-29-38-27-26(28(42)39-29)41(19-36-27)14-6-4-5-13-40-15-11-30(43,12-16-40)22-8-10-25(32)24(18-22)31(33,34)35/h7-10,17-19,43H,3-6,11-16H2,1-2H3,(H2,37,38,39,42). The number of unbranched alkanes of at least 4 members (excludes halogenated alkanes) is 2. The molecule has 1 aliphatic rings. The fourth-order valence-electron chi connectivity index (χ4n) is 5.74. The van der Waals surface area contributed by atoms with Crippen molar-refractivity contribution >= 4 is 34.4 Å². The maximum atomic E-state index is 13.3. The summed E-state index contributed by atoms with van der Waals surface area (Å²) in [7, 11) is 0. The Balaban J connectivity index is 1.10. The van der Waals surface area contributed by atoms with E-state index in [4.69, 9.17) is 11.6 Å². The third kappa shape index (κ3) is 7.05. The van der Waals surface area contributed by atoms with Crippen LogP contribution < -0.4 is 10.9 Å². The molecule has 1 aliphatic heterocycles. The average Bonchev–Trinajstić information content (AvgIpc) is 3.37. The molecular weight excluding hydrogens is 581 g/mol. The Bertz CT molecular complexity index is 1640. The van der Waals surface area contributed by atoms with Gasteiger partial charge >= 0.3 is 6.18 Å². The van der Waals surface area contributed by atoms with Crippen LogP contribution in [-0.4, -0.2) is 49.2 Å². The quantitative estimate of drug-likeness (QED) is 0.175. The van der Waals surface area contributed by atoms with Crippen molar-refractivity contribution in [2.24, 2.45) is 0 Å². The smallest absolute Gasteiger partial charge is 0.385 e. The normalized spacial score (nSPS) is 15.7.